The van der Waals surface area contributed by atoms with Crippen LogP contribution in [0.3, 0.4) is 0 Å². The molecule has 0 aliphatic carbocycles. The summed E-state index contributed by atoms with van der Waals surface area (Å²) in [5.41, 5.74) is 2.33. The van der Waals surface area contributed by atoms with Gasteiger partial charge in [0.05, 0.1) is 6.04 Å². The fourth-order valence-corrected chi connectivity index (χ4v) is 3.34. The van der Waals surface area contributed by atoms with Crippen molar-refractivity contribution in [1.82, 2.24) is 19.8 Å². The molecule has 0 saturated carbocycles. The van der Waals surface area contributed by atoms with Crippen molar-refractivity contribution >= 4 is 22.8 Å². The number of benzene rings is 1. The van der Waals surface area contributed by atoms with Crippen LogP contribution in [-0.4, -0.2) is 26.2 Å². The van der Waals surface area contributed by atoms with Gasteiger partial charge in [-0.3, -0.25) is 0 Å². The Balaban J connectivity index is 1.53. The number of nitrogens with one attached hydrogen (secondary N) is 1. The minimum absolute atomic E-state index is 0.189. The molecule has 0 spiro atoms. The number of hydrogen-bond donors (Lipinski definition) is 1. The number of alkyl halides is 3. The van der Waals surface area contributed by atoms with Crippen LogP contribution in [-0.2, 0) is 0 Å². The van der Waals surface area contributed by atoms with Crippen molar-refractivity contribution in [2.24, 2.45) is 0 Å². The Kier molecular flexibility index (Phi) is 4.63. The van der Waals surface area contributed by atoms with Gasteiger partial charge >= 0.3 is 6.36 Å². The Hall–Kier alpha value is -3.14. The number of hydrogen-bond acceptors (Lipinski definition) is 6. The number of rotatable bonds is 5. The van der Waals surface area contributed by atoms with E-state index in [0.717, 1.165) is 11.1 Å². The third-order valence-electron chi connectivity index (χ3n) is 4.02. The lowest BCUT2D eigenvalue weighted by Gasteiger charge is -2.16. The maximum atomic E-state index is 12.3. The first-order valence-corrected chi connectivity index (χ1v) is 9.20. The molecule has 0 unspecified atom stereocenters. The first kappa shape index (κ1) is 18.2. The Bertz CT molecular complexity index is 1080. The van der Waals surface area contributed by atoms with Gasteiger partial charge in [0.1, 0.15) is 11.6 Å². The highest BCUT2D eigenvalue weighted by molar-refractivity contribution is 7.08. The second-order valence-corrected chi connectivity index (χ2v) is 6.79. The molecule has 4 rings (SSSR count). The van der Waals surface area contributed by atoms with E-state index in [1.807, 2.05) is 23.8 Å². The zero-order chi connectivity index (χ0) is 19.7. The molecule has 0 amide bonds. The van der Waals surface area contributed by atoms with Crippen LogP contribution in [0.4, 0.5) is 19.0 Å². The predicted molar refractivity (Wildman–Crippen MR) is 99.3 cm³/mol. The first-order chi connectivity index (χ1) is 13.4. The zero-order valence-electron chi connectivity index (χ0n) is 14.5. The van der Waals surface area contributed by atoms with E-state index in [1.165, 1.54) is 12.1 Å². The number of ether oxygens (including phenoxy) is 1. The van der Waals surface area contributed by atoms with Crippen molar-refractivity contribution < 1.29 is 17.9 Å². The van der Waals surface area contributed by atoms with Crippen LogP contribution < -0.4 is 10.1 Å². The highest BCUT2D eigenvalue weighted by Crippen LogP contribution is 2.26. The van der Waals surface area contributed by atoms with Gasteiger partial charge in [-0.05, 0) is 48.2 Å². The molecule has 3 heterocycles. The van der Waals surface area contributed by atoms with Crippen molar-refractivity contribution in [3.63, 3.8) is 0 Å². The lowest BCUT2D eigenvalue weighted by atomic mass is 10.1. The molecule has 4 aromatic rings. The average molecular weight is 405 g/mol. The van der Waals surface area contributed by atoms with E-state index in [2.05, 4.69) is 25.3 Å². The van der Waals surface area contributed by atoms with Crippen LogP contribution in [0.1, 0.15) is 18.5 Å². The molecule has 1 atom stereocenters. The van der Waals surface area contributed by atoms with Gasteiger partial charge < -0.3 is 10.1 Å². The fourth-order valence-electron chi connectivity index (χ4n) is 2.70. The first-order valence-electron chi connectivity index (χ1n) is 8.26. The number of thiophene rings is 1. The van der Waals surface area contributed by atoms with Gasteiger partial charge in [-0.15, -0.1) is 28.5 Å². The monoisotopic (exact) mass is 405 g/mol. The largest absolute Gasteiger partial charge is 0.573 e. The third kappa shape index (κ3) is 3.91. The standard InChI is InChI=1S/C18H14F3N5OS/c1-11(12-2-4-14(5-3-12)27-18(19,20)21)22-15-6-7-16-23-24-17(26(16)25-15)13-8-9-28-10-13/h2-11H,1H3,(H,22,25)/t11-/m0/s1. The minimum Gasteiger partial charge on any atom is -0.406 e. The Morgan fingerprint density at radius 1 is 1.07 bits per heavy atom. The van der Waals surface area contributed by atoms with E-state index >= 15 is 0 Å². The van der Waals surface area contributed by atoms with Gasteiger partial charge in [-0.25, -0.2) is 0 Å². The summed E-state index contributed by atoms with van der Waals surface area (Å²) >= 11 is 1.56. The van der Waals surface area contributed by atoms with Crippen molar-refractivity contribution in [2.45, 2.75) is 19.3 Å². The summed E-state index contributed by atoms with van der Waals surface area (Å²) in [7, 11) is 0. The number of aromatic nitrogens is 4. The molecule has 0 bridgehead atoms. The quantitative estimate of drug-likeness (QED) is 0.510. The second kappa shape index (κ2) is 7.12. The molecule has 0 aliphatic rings. The number of halogens is 3. The Morgan fingerprint density at radius 2 is 1.86 bits per heavy atom. The summed E-state index contributed by atoms with van der Waals surface area (Å²) < 4.78 is 42.3. The van der Waals surface area contributed by atoms with E-state index in [9.17, 15) is 13.2 Å². The Labute approximate surface area is 161 Å². The molecule has 10 heteroatoms. The lowest BCUT2D eigenvalue weighted by molar-refractivity contribution is -0.274. The van der Waals surface area contributed by atoms with Crippen LogP contribution in [0.15, 0.2) is 53.2 Å². The third-order valence-corrected chi connectivity index (χ3v) is 4.70. The van der Waals surface area contributed by atoms with Gasteiger partial charge in [0, 0.05) is 10.9 Å². The van der Waals surface area contributed by atoms with E-state index in [0.29, 0.717) is 17.3 Å². The summed E-state index contributed by atoms with van der Waals surface area (Å²) in [4.78, 5) is 0. The van der Waals surface area contributed by atoms with Gasteiger partial charge in [0.25, 0.3) is 0 Å². The highest BCUT2D eigenvalue weighted by Gasteiger charge is 2.31. The van der Waals surface area contributed by atoms with Crippen LogP contribution in [0.2, 0.25) is 0 Å². The van der Waals surface area contributed by atoms with Gasteiger partial charge in [0.2, 0.25) is 0 Å². The summed E-state index contributed by atoms with van der Waals surface area (Å²) in [6.07, 6.45) is -4.70. The predicted octanol–water partition coefficient (Wildman–Crippen LogP) is 4.92. The topological polar surface area (TPSA) is 64.3 Å². The summed E-state index contributed by atoms with van der Waals surface area (Å²) in [5.74, 6) is 0.973. The molecule has 1 N–H and O–H groups in total. The van der Waals surface area contributed by atoms with Crippen LogP contribution in [0.25, 0.3) is 17.0 Å². The van der Waals surface area contributed by atoms with E-state index < -0.39 is 6.36 Å². The molecular weight excluding hydrogens is 391 g/mol. The van der Waals surface area contributed by atoms with E-state index in [-0.39, 0.29) is 11.8 Å². The smallest absolute Gasteiger partial charge is 0.406 e. The maximum Gasteiger partial charge on any atom is 0.573 e. The molecular formula is C18H14F3N5OS. The number of anilines is 1. The lowest BCUT2D eigenvalue weighted by Crippen LogP contribution is -2.17. The highest BCUT2D eigenvalue weighted by atomic mass is 32.1. The summed E-state index contributed by atoms with van der Waals surface area (Å²) in [6, 6.07) is 11.0. The van der Waals surface area contributed by atoms with Crippen molar-refractivity contribution in [2.75, 3.05) is 5.32 Å². The van der Waals surface area contributed by atoms with Crippen molar-refractivity contribution in [3.8, 4) is 17.1 Å². The molecule has 0 saturated heterocycles. The van der Waals surface area contributed by atoms with Gasteiger partial charge in [-0.1, -0.05) is 12.1 Å². The van der Waals surface area contributed by atoms with E-state index in [4.69, 9.17) is 0 Å². The molecule has 144 valence electrons. The normalized spacial score (nSPS) is 12.9. The van der Waals surface area contributed by atoms with Crippen molar-refractivity contribution in [3.05, 3.63) is 58.8 Å². The molecule has 3 aromatic heterocycles. The zero-order valence-corrected chi connectivity index (χ0v) is 15.3. The minimum atomic E-state index is -4.70. The van der Waals surface area contributed by atoms with E-state index in [1.54, 1.807) is 40.1 Å². The van der Waals surface area contributed by atoms with Gasteiger partial charge in [-0.2, -0.15) is 15.9 Å². The molecule has 0 aliphatic heterocycles. The van der Waals surface area contributed by atoms with Crippen LogP contribution in [0.5, 0.6) is 5.75 Å². The summed E-state index contributed by atoms with van der Waals surface area (Å²) in [6.45, 7) is 1.89. The number of nitrogens with zero attached hydrogens (tertiary/aromatic N) is 4. The SMILES string of the molecule is C[C@H](Nc1ccc2nnc(-c3ccsc3)n2n1)c1ccc(OC(F)(F)F)cc1. The maximum absolute atomic E-state index is 12.3. The average Bonchev–Trinajstić information content (AvgIpc) is 3.30. The molecule has 28 heavy (non-hydrogen) atoms. The molecule has 0 radical (unpaired) electrons. The van der Waals surface area contributed by atoms with Crippen molar-refractivity contribution in [1.29, 1.82) is 0 Å². The van der Waals surface area contributed by atoms with Crippen LogP contribution in [0, 0.1) is 0 Å². The molecule has 6 nitrogen and oxygen atoms in total. The molecule has 1 aromatic carbocycles. The fraction of sp³-hybridized carbons (Fsp3) is 0.167. The second-order valence-electron chi connectivity index (χ2n) is 6.01. The summed E-state index contributed by atoms with van der Waals surface area (Å²) in [5, 5.41) is 20.0. The van der Waals surface area contributed by atoms with Gasteiger partial charge in [0.15, 0.2) is 11.5 Å². The Morgan fingerprint density at radius 3 is 2.54 bits per heavy atom. The van der Waals surface area contributed by atoms with Crippen LogP contribution >= 0.6 is 11.3 Å². The number of fused-ring (bicyclic) bond motifs is 1. The molecule has 0 fully saturated rings.